The molecule has 0 unspecified atom stereocenters. The smallest absolute Gasteiger partial charge is 0.277 e. The van der Waals surface area contributed by atoms with Crippen LogP contribution >= 0.6 is 0 Å². The molecule has 0 radical (unpaired) electrons. The number of H-pyrrole nitrogens is 1. The average Bonchev–Trinajstić information content (AvgIpc) is 3.12. The van der Waals surface area contributed by atoms with Crippen LogP contribution in [-0.4, -0.2) is 41.2 Å². The number of aromatic amines is 1. The summed E-state index contributed by atoms with van der Waals surface area (Å²) in [5, 5.41) is 12.3. The second-order valence-corrected chi connectivity index (χ2v) is 8.21. The highest BCUT2D eigenvalue weighted by atomic mass is 16.5. The number of nitrogens with one attached hydrogen (secondary N) is 2. The zero-order valence-corrected chi connectivity index (χ0v) is 19.3. The Hall–Kier alpha value is -3.65. The first-order chi connectivity index (χ1) is 15.9. The molecule has 0 aliphatic carbocycles. The second-order valence-electron chi connectivity index (χ2n) is 8.21. The fourth-order valence-corrected chi connectivity index (χ4v) is 4.09. The number of furan rings is 1. The SMILES string of the molecule is CCCOc1ccc2ccccc2c1CN(C)CC(=O)Nc1oc(C)c2c(C)n[nH]c(=O)c12. The predicted molar refractivity (Wildman–Crippen MR) is 129 cm³/mol. The van der Waals surface area contributed by atoms with E-state index in [1.807, 2.05) is 30.1 Å². The normalized spacial score (nSPS) is 11.4. The molecule has 2 aromatic carbocycles. The lowest BCUT2D eigenvalue weighted by Gasteiger charge is -2.20. The minimum Gasteiger partial charge on any atom is -0.493 e. The van der Waals surface area contributed by atoms with Gasteiger partial charge in [-0.25, -0.2) is 5.10 Å². The van der Waals surface area contributed by atoms with Crippen LogP contribution < -0.4 is 15.6 Å². The molecule has 8 heteroatoms. The van der Waals surface area contributed by atoms with Crippen LogP contribution in [0.2, 0.25) is 0 Å². The maximum atomic E-state index is 12.8. The van der Waals surface area contributed by atoms with Gasteiger partial charge in [-0.15, -0.1) is 0 Å². The Morgan fingerprint density at radius 1 is 1.18 bits per heavy atom. The summed E-state index contributed by atoms with van der Waals surface area (Å²) in [6.07, 6.45) is 0.912. The zero-order valence-electron chi connectivity index (χ0n) is 19.3. The number of nitrogens with zero attached hydrogens (tertiary/aromatic N) is 2. The lowest BCUT2D eigenvalue weighted by Crippen LogP contribution is -2.30. The molecule has 2 aromatic heterocycles. The van der Waals surface area contributed by atoms with E-state index in [0.29, 0.717) is 35.4 Å². The molecular weight excluding hydrogens is 420 g/mol. The van der Waals surface area contributed by atoms with Crippen molar-refractivity contribution in [2.75, 3.05) is 25.5 Å². The first kappa shape index (κ1) is 22.5. The fourth-order valence-electron chi connectivity index (χ4n) is 4.09. The Bertz CT molecular complexity index is 1370. The van der Waals surface area contributed by atoms with Crippen LogP contribution in [0.4, 0.5) is 5.88 Å². The highest BCUT2D eigenvalue weighted by Gasteiger charge is 2.20. The van der Waals surface area contributed by atoms with Gasteiger partial charge in [0.05, 0.1) is 24.2 Å². The Morgan fingerprint density at radius 3 is 2.76 bits per heavy atom. The van der Waals surface area contributed by atoms with E-state index in [1.165, 1.54) is 0 Å². The first-order valence-electron chi connectivity index (χ1n) is 11.0. The molecule has 33 heavy (non-hydrogen) atoms. The Labute approximate surface area is 191 Å². The van der Waals surface area contributed by atoms with E-state index in [1.54, 1.807) is 13.8 Å². The van der Waals surface area contributed by atoms with Crippen molar-refractivity contribution in [3.05, 3.63) is 63.8 Å². The Balaban J connectivity index is 1.54. The summed E-state index contributed by atoms with van der Waals surface area (Å²) in [4.78, 5) is 27.0. The van der Waals surface area contributed by atoms with Gasteiger partial charge in [0.15, 0.2) is 0 Å². The van der Waals surface area contributed by atoms with Crippen LogP contribution in [-0.2, 0) is 11.3 Å². The summed E-state index contributed by atoms with van der Waals surface area (Å²) in [6, 6.07) is 12.2. The number of rotatable bonds is 8. The van der Waals surface area contributed by atoms with Gasteiger partial charge in [-0.2, -0.15) is 5.10 Å². The van der Waals surface area contributed by atoms with Crippen LogP contribution in [0, 0.1) is 13.8 Å². The van der Waals surface area contributed by atoms with Gasteiger partial charge in [-0.1, -0.05) is 37.3 Å². The van der Waals surface area contributed by atoms with Crippen molar-refractivity contribution in [1.82, 2.24) is 15.1 Å². The number of fused-ring (bicyclic) bond motifs is 2. The number of hydrogen-bond acceptors (Lipinski definition) is 6. The molecule has 0 spiro atoms. The van der Waals surface area contributed by atoms with Gasteiger partial charge < -0.3 is 9.15 Å². The monoisotopic (exact) mass is 448 g/mol. The van der Waals surface area contributed by atoms with Crippen LogP contribution in [0.3, 0.4) is 0 Å². The molecule has 4 aromatic rings. The minimum absolute atomic E-state index is 0.111. The van der Waals surface area contributed by atoms with Gasteiger partial charge in [0.25, 0.3) is 5.56 Å². The third-order valence-electron chi connectivity index (χ3n) is 5.55. The Morgan fingerprint density at radius 2 is 1.97 bits per heavy atom. The fraction of sp³-hybridized carbons (Fsp3) is 0.320. The summed E-state index contributed by atoms with van der Waals surface area (Å²) in [5.74, 6) is 1.23. The highest BCUT2D eigenvalue weighted by molar-refractivity contribution is 6.02. The van der Waals surface area contributed by atoms with E-state index in [2.05, 4.69) is 40.6 Å². The number of aryl methyl sites for hydroxylation is 2. The first-order valence-corrected chi connectivity index (χ1v) is 11.0. The largest absolute Gasteiger partial charge is 0.493 e. The Kier molecular flexibility index (Phi) is 6.46. The molecule has 0 aliphatic heterocycles. The molecule has 2 heterocycles. The van der Waals surface area contributed by atoms with Gasteiger partial charge >= 0.3 is 0 Å². The maximum absolute atomic E-state index is 12.8. The van der Waals surface area contributed by atoms with Crippen molar-refractivity contribution in [3.63, 3.8) is 0 Å². The number of carbonyl (C=O) groups is 1. The molecule has 4 rings (SSSR count). The van der Waals surface area contributed by atoms with Gasteiger partial charge in [0.2, 0.25) is 11.8 Å². The molecule has 8 nitrogen and oxygen atoms in total. The van der Waals surface area contributed by atoms with Crippen LogP contribution in [0.1, 0.15) is 30.4 Å². The lowest BCUT2D eigenvalue weighted by molar-refractivity contribution is -0.117. The average molecular weight is 449 g/mol. The molecular formula is C25H28N4O4. The summed E-state index contributed by atoms with van der Waals surface area (Å²) in [6.45, 7) is 6.86. The molecule has 172 valence electrons. The minimum atomic E-state index is -0.399. The van der Waals surface area contributed by atoms with Gasteiger partial charge in [0.1, 0.15) is 16.9 Å². The number of carbonyl (C=O) groups excluding carboxylic acids is 1. The van der Waals surface area contributed by atoms with Crippen molar-refractivity contribution in [2.24, 2.45) is 0 Å². The molecule has 0 bridgehead atoms. The molecule has 0 atom stereocenters. The van der Waals surface area contributed by atoms with Crippen LogP contribution in [0.5, 0.6) is 5.75 Å². The topological polar surface area (TPSA) is 100 Å². The van der Waals surface area contributed by atoms with Crippen molar-refractivity contribution in [3.8, 4) is 5.75 Å². The van der Waals surface area contributed by atoms with E-state index in [0.717, 1.165) is 28.5 Å². The molecule has 1 amide bonds. The second kappa shape index (κ2) is 9.46. The molecule has 0 saturated carbocycles. The summed E-state index contributed by atoms with van der Waals surface area (Å²) in [7, 11) is 1.87. The number of anilines is 1. The molecule has 0 fully saturated rings. The highest BCUT2D eigenvalue weighted by Crippen LogP contribution is 2.30. The number of benzene rings is 2. The number of likely N-dealkylation sites (N-methyl/N-ethyl adjacent to an activating group) is 1. The van der Waals surface area contributed by atoms with Crippen LogP contribution in [0.15, 0.2) is 45.6 Å². The number of hydrogen-bond donors (Lipinski definition) is 2. The van der Waals surface area contributed by atoms with E-state index in [-0.39, 0.29) is 18.3 Å². The zero-order chi connectivity index (χ0) is 23.5. The number of aromatic nitrogens is 2. The van der Waals surface area contributed by atoms with E-state index in [9.17, 15) is 9.59 Å². The van der Waals surface area contributed by atoms with Gasteiger partial charge in [-0.3, -0.25) is 19.8 Å². The summed E-state index contributed by atoms with van der Waals surface area (Å²) >= 11 is 0. The lowest BCUT2D eigenvalue weighted by atomic mass is 10.0. The quantitative estimate of drug-likeness (QED) is 0.420. The van der Waals surface area contributed by atoms with Crippen molar-refractivity contribution < 1.29 is 13.9 Å². The van der Waals surface area contributed by atoms with Crippen LogP contribution in [0.25, 0.3) is 21.5 Å². The third-order valence-corrected chi connectivity index (χ3v) is 5.55. The van der Waals surface area contributed by atoms with E-state index in [4.69, 9.17) is 9.15 Å². The third kappa shape index (κ3) is 4.61. The maximum Gasteiger partial charge on any atom is 0.277 e. The number of ether oxygens (including phenoxy) is 1. The summed E-state index contributed by atoms with van der Waals surface area (Å²) in [5.41, 5.74) is 1.28. The standard InChI is InChI=1S/C25H28N4O4/c1-5-12-32-20-11-10-17-8-6-7-9-18(17)19(20)13-29(4)14-21(30)26-25-23-22(16(3)33-25)15(2)27-28-24(23)31/h6-11H,5,12-14H2,1-4H3,(H,26,30)(H,28,31). The molecule has 0 saturated heterocycles. The molecule has 2 N–H and O–H groups in total. The van der Waals surface area contributed by atoms with Gasteiger partial charge in [0, 0.05) is 12.1 Å². The van der Waals surface area contributed by atoms with Crippen molar-refractivity contribution in [1.29, 1.82) is 0 Å². The van der Waals surface area contributed by atoms with Crippen molar-refractivity contribution in [2.45, 2.75) is 33.7 Å². The number of amides is 1. The molecule has 0 aliphatic rings. The van der Waals surface area contributed by atoms with Crippen molar-refractivity contribution >= 4 is 33.3 Å². The predicted octanol–water partition coefficient (Wildman–Crippen LogP) is 4.15. The van der Waals surface area contributed by atoms with E-state index >= 15 is 0 Å². The van der Waals surface area contributed by atoms with E-state index < -0.39 is 5.56 Å². The van der Waals surface area contributed by atoms with Gasteiger partial charge in [-0.05, 0) is 44.2 Å². The summed E-state index contributed by atoms with van der Waals surface area (Å²) < 4.78 is 11.7.